The number of aromatic nitrogens is 1. The fourth-order valence-electron chi connectivity index (χ4n) is 7.06. The first-order chi connectivity index (χ1) is 17.5. The van der Waals surface area contributed by atoms with Gasteiger partial charge >= 0.3 is 12.1 Å². The SMILES string of the molecule is C[C@H]1Cc2c([nH]c3ccccc23)[C@H](c2c(F)cc(/C=C/C(=O)O)cc2F)N1C1CC2(C(F)(F)F)CC1C2. The zero-order chi connectivity index (χ0) is 26.3. The van der Waals surface area contributed by atoms with Gasteiger partial charge in [-0.25, -0.2) is 13.6 Å². The first-order valence-corrected chi connectivity index (χ1v) is 12.3. The van der Waals surface area contributed by atoms with Crippen molar-refractivity contribution in [2.45, 2.75) is 56.9 Å². The molecule has 2 heterocycles. The molecule has 4 aliphatic rings. The summed E-state index contributed by atoms with van der Waals surface area (Å²) in [4.78, 5) is 16.1. The van der Waals surface area contributed by atoms with Crippen LogP contribution in [0.4, 0.5) is 22.0 Å². The quantitative estimate of drug-likeness (QED) is 0.303. The number of carbonyl (C=O) groups is 1. The molecule has 1 aliphatic heterocycles. The molecule has 3 aromatic rings. The van der Waals surface area contributed by atoms with Gasteiger partial charge in [-0.05, 0) is 73.9 Å². The number of hydrogen-bond acceptors (Lipinski definition) is 2. The molecule has 194 valence electrons. The van der Waals surface area contributed by atoms with Crippen molar-refractivity contribution >= 4 is 22.9 Å². The molecular formula is C28H25F5N2O2. The molecule has 0 saturated heterocycles. The lowest BCUT2D eigenvalue weighted by Gasteiger charge is -2.46. The van der Waals surface area contributed by atoms with Crippen LogP contribution in [-0.2, 0) is 11.2 Å². The fourth-order valence-corrected chi connectivity index (χ4v) is 7.06. The molecule has 0 amide bonds. The first kappa shape index (κ1) is 24.2. The summed E-state index contributed by atoms with van der Waals surface area (Å²) in [6.45, 7) is 1.91. The van der Waals surface area contributed by atoms with Crippen LogP contribution in [-0.4, -0.2) is 39.2 Å². The lowest BCUT2D eigenvalue weighted by molar-refractivity contribution is -0.244. The van der Waals surface area contributed by atoms with Gasteiger partial charge < -0.3 is 10.1 Å². The highest BCUT2D eigenvalue weighted by molar-refractivity contribution is 5.86. The van der Waals surface area contributed by atoms with E-state index in [4.69, 9.17) is 5.11 Å². The predicted octanol–water partition coefficient (Wildman–Crippen LogP) is 6.61. The summed E-state index contributed by atoms with van der Waals surface area (Å²) in [7, 11) is 0. The van der Waals surface area contributed by atoms with Crippen LogP contribution in [0.15, 0.2) is 42.5 Å². The second kappa shape index (κ2) is 8.15. The molecule has 3 aliphatic carbocycles. The number of H-pyrrole nitrogens is 1. The summed E-state index contributed by atoms with van der Waals surface area (Å²) in [5.74, 6) is -3.18. The molecule has 0 radical (unpaired) electrons. The Balaban J connectivity index is 1.51. The maximum absolute atomic E-state index is 15.7. The molecule has 3 saturated carbocycles. The van der Waals surface area contributed by atoms with Crippen molar-refractivity contribution in [1.29, 1.82) is 0 Å². The molecule has 4 nitrogen and oxygen atoms in total. The summed E-state index contributed by atoms with van der Waals surface area (Å²) in [5.41, 5.74) is 0.390. The van der Waals surface area contributed by atoms with E-state index in [1.165, 1.54) is 0 Å². The van der Waals surface area contributed by atoms with E-state index in [0.29, 0.717) is 12.1 Å². The van der Waals surface area contributed by atoms with Crippen molar-refractivity contribution in [3.63, 3.8) is 0 Å². The van der Waals surface area contributed by atoms with Gasteiger partial charge in [0.1, 0.15) is 11.6 Å². The Bertz CT molecular complexity index is 1410. The highest BCUT2D eigenvalue weighted by Gasteiger charge is 2.70. The minimum atomic E-state index is -4.31. The fraction of sp³-hybridized carbons (Fsp3) is 0.393. The highest BCUT2D eigenvalue weighted by Crippen LogP contribution is 2.68. The number of alkyl halides is 3. The van der Waals surface area contributed by atoms with Crippen LogP contribution in [0, 0.1) is 23.0 Å². The largest absolute Gasteiger partial charge is 0.478 e. The van der Waals surface area contributed by atoms with Gasteiger partial charge in [-0.15, -0.1) is 0 Å². The van der Waals surface area contributed by atoms with E-state index >= 15 is 8.78 Å². The molecule has 2 bridgehead atoms. The molecule has 2 aromatic carbocycles. The number of para-hydroxylation sites is 1. The number of carboxylic acids is 1. The maximum Gasteiger partial charge on any atom is 0.394 e. The average Bonchev–Trinajstić information content (AvgIpc) is 3.47. The lowest BCUT2D eigenvalue weighted by atomic mass is 9.69. The minimum absolute atomic E-state index is 0.0422. The third kappa shape index (κ3) is 3.61. The Hall–Kier alpha value is -3.20. The van der Waals surface area contributed by atoms with E-state index in [-0.39, 0.29) is 42.3 Å². The predicted molar refractivity (Wildman–Crippen MR) is 128 cm³/mol. The molecule has 3 fully saturated rings. The zero-order valence-electron chi connectivity index (χ0n) is 19.9. The van der Waals surface area contributed by atoms with Gasteiger partial charge in [0.25, 0.3) is 0 Å². The Morgan fingerprint density at radius 3 is 2.43 bits per heavy atom. The Kier molecular flexibility index (Phi) is 5.32. The Labute approximate surface area is 209 Å². The van der Waals surface area contributed by atoms with E-state index in [0.717, 1.165) is 40.8 Å². The van der Waals surface area contributed by atoms with Gasteiger partial charge in [-0.2, -0.15) is 13.2 Å². The monoisotopic (exact) mass is 516 g/mol. The second-order valence-corrected chi connectivity index (χ2v) is 10.8. The van der Waals surface area contributed by atoms with Crippen LogP contribution < -0.4 is 0 Å². The number of nitrogens with one attached hydrogen (secondary N) is 1. The average molecular weight is 517 g/mol. The normalized spacial score (nSPS) is 29.6. The Morgan fingerprint density at radius 1 is 1.14 bits per heavy atom. The summed E-state index contributed by atoms with van der Waals surface area (Å²) in [6.07, 6.45) is -1.87. The van der Waals surface area contributed by atoms with Gasteiger partial charge in [0.15, 0.2) is 0 Å². The molecular weight excluding hydrogens is 491 g/mol. The number of fused-ring (bicyclic) bond motifs is 4. The molecule has 9 heteroatoms. The minimum Gasteiger partial charge on any atom is -0.478 e. The number of hydrogen-bond donors (Lipinski definition) is 2. The smallest absolute Gasteiger partial charge is 0.394 e. The van der Waals surface area contributed by atoms with Crippen molar-refractivity contribution in [3.8, 4) is 0 Å². The Morgan fingerprint density at radius 2 is 1.81 bits per heavy atom. The van der Waals surface area contributed by atoms with Gasteiger partial charge in [-0.1, -0.05) is 18.2 Å². The number of aliphatic carboxylic acids is 1. The van der Waals surface area contributed by atoms with Crippen molar-refractivity contribution in [1.82, 2.24) is 9.88 Å². The van der Waals surface area contributed by atoms with E-state index in [1.54, 1.807) is 0 Å². The molecule has 1 aromatic heterocycles. The first-order valence-electron chi connectivity index (χ1n) is 12.3. The van der Waals surface area contributed by atoms with Crippen molar-refractivity contribution in [2.75, 3.05) is 0 Å². The molecule has 3 atom stereocenters. The van der Waals surface area contributed by atoms with Crippen LogP contribution in [0.2, 0.25) is 0 Å². The van der Waals surface area contributed by atoms with E-state index in [9.17, 15) is 18.0 Å². The number of nitrogens with zero attached hydrogens (tertiary/aromatic N) is 1. The third-order valence-electron chi connectivity index (χ3n) is 8.65. The van der Waals surface area contributed by atoms with E-state index in [2.05, 4.69) is 4.98 Å². The maximum atomic E-state index is 15.7. The van der Waals surface area contributed by atoms with Crippen LogP contribution in [0.25, 0.3) is 17.0 Å². The van der Waals surface area contributed by atoms with E-state index in [1.807, 2.05) is 36.1 Å². The van der Waals surface area contributed by atoms with Gasteiger partial charge in [0.2, 0.25) is 0 Å². The molecule has 37 heavy (non-hydrogen) atoms. The van der Waals surface area contributed by atoms with Crippen molar-refractivity contribution < 1.29 is 31.9 Å². The second-order valence-electron chi connectivity index (χ2n) is 10.8. The number of benzene rings is 2. The molecule has 1 unspecified atom stereocenters. The molecule has 7 rings (SSSR count). The summed E-state index contributed by atoms with van der Waals surface area (Å²) in [6, 6.07) is 8.02. The van der Waals surface area contributed by atoms with Gasteiger partial charge in [0.05, 0.1) is 11.5 Å². The number of carboxylic acid groups (broad SMARTS) is 1. The van der Waals surface area contributed by atoms with Crippen LogP contribution in [0.1, 0.15) is 54.6 Å². The van der Waals surface area contributed by atoms with Crippen LogP contribution in [0.3, 0.4) is 0 Å². The standard InChI is InChI=1S/C28H25F5N2O2/c1-14-8-18-17-4-2-3-5-21(17)34-25(18)26(24-19(29)9-15(10-20(24)30)6-7-23(36)37)35(14)22-13-27(28(31,32)33)11-16(22)12-27/h2-7,9-10,14,16,22,26,34H,8,11-13H2,1H3,(H,36,37)/b7-6+/t14-,16?,22?,26-,27?/m0/s1. The highest BCUT2D eigenvalue weighted by atomic mass is 19.4. The zero-order valence-corrected chi connectivity index (χ0v) is 19.9. The number of aromatic amines is 1. The molecule has 0 spiro atoms. The summed E-state index contributed by atoms with van der Waals surface area (Å²) >= 11 is 0. The summed E-state index contributed by atoms with van der Waals surface area (Å²) < 4.78 is 73.2. The van der Waals surface area contributed by atoms with Gasteiger partial charge in [0, 0.05) is 40.3 Å². The van der Waals surface area contributed by atoms with Crippen LogP contribution in [0.5, 0.6) is 0 Å². The topological polar surface area (TPSA) is 56.3 Å². The number of halogens is 5. The van der Waals surface area contributed by atoms with Crippen molar-refractivity contribution in [3.05, 3.63) is 76.5 Å². The number of rotatable bonds is 4. The molecule has 2 N–H and O–H groups in total. The van der Waals surface area contributed by atoms with Crippen molar-refractivity contribution in [2.24, 2.45) is 11.3 Å². The van der Waals surface area contributed by atoms with Gasteiger partial charge in [-0.3, -0.25) is 4.90 Å². The van der Waals surface area contributed by atoms with E-state index < -0.39 is 41.3 Å². The summed E-state index contributed by atoms with van der Waals surface area (Å²) in [5, 5.41) is 9.81. The lowest BCUT2D eigenvalue weighted by Crippen LogP contribution is -2.50. The van der Waals surface area contributed by atoms with Crippen LogP contribution >= 0.6 is 0 Å². The third-order valence-corrected chi connectivity index (χ3v) is 8.65.